The van der Waals surface area contributed by atoms with Crippen molar-refractivity contribution in [2.75, 3.05) is 6.54 Å². The Morgan fingerprint density at radius 1 is 1.40 bits per heavy atom. The molecule has 0 bridgehead atoms. The first-order valence-corrected chi connectivity index (χ1v) is 5.17. The third kappa shape index (κ3) is 4.78. The van der Waals surface area contributed by atoms with Crippen LogP contribution in [0.15, 0.2) is 0 Å². The number of nitrogens with two attached hydrogens (primary N) is 1. The average molecular weight is 216 g/mol. The van der Waals surface area contributed by atoms with Crippen molar-refractivity contribution in [3.05, 3.63) is 0 Å². The van der Waals surface area contributed by atoms with Gasteiger partial charge in [-0.3, -0.25) is 14.5 Å². The van der Waals surface area contributed by atoms with Gasteiger partial charge >= 0.3 is 5.97 Å². The van der Waals surface area contributed by atoms with Crippen LogP contribution in [0.25, 0.3) is 0 Å². The first-order valence-electron chi connectivity index (χ1n) is 5.17. The molecule has 15 heavy (non-hydrogen) atoms. The lowest BCUT2D eigenvalue weighted by Crippen LogP contribution is -2.48. The lowest BCUT2D eigenvalue weighted by molar-refractivity contribution is -0.138. The lowest BCUT2D eigenvalue weighted by atomic mass is 10.1. The number of amides is 1. The highest BCUT2D eigenvalue weighted by atomic mass is 16.4. The molecule has 0 rings (SSSR count). The Labute approximate surface area is 90.2 Å². The number of carbonyl (C=O) groups excluding carboxylic acids is 1. The molecule has 0 spiro atoms. The summed E-state index contributed by atoms with van der Waals surface area (Å²) in [6, 6.07) is -0.258. The minimum atomic E-state index is -0.861. The Morgan fingerprint density at radius 2 is 1.93 bits per heavy atom. The summed E-state index contributed by atoms with van der Waals surface area (Å²) in [7, 11) is 0. The van der Waals surface area contributed by atoms with Crippen LogP contribution in [0.1, 0.15) is 33.6 Å². The van der Waals surface area contributed by atoms with Crippen LogP contribution in [-0.2, 0) is 9.59 Å². The van der Waals surface area contributed by atoms with E-state index in [9.17, 15) is 9.59 Å². The highest BCUT2D eigenvalue weighted by Crippen LogP contribution is 2.09. The zero-order valence-electron chi connectivity index (χ0n) is 9.56. The molecule has 0 aromatic carbocycles. The molecule has 5 heteroatoms. The highest BCUT2D eigenvalue weighted by molar-refractivity contribution is 5.79. The van der Waals surface area contributed by atoms with Crippen LogP contribution in [0.2, 0.25) is 0 Å². The van der Waals surface area contributed by atoms with E-state index in [2.05, 4.69) is 0 Å². The molecule has 0 aliphatic carbocycles. The van der Waals surface area contributed by atoms with Crippen molar-refractivity contribution in [1.82, 2.24) is 4.90 Å². The fourth-order valence-corrected chi connectivity index (χ4v) is 1.60. The number of nitrogens with zero attached hydrogens (tertiary/aromatic N) is 1. The molecule has 0 aliphatic rings. The summed E-state index contributed by atoms with van der Waals surface area (Å²) in [5, 5.41) is 8.59. The summed E-state index contributed by atoms with van der Waals surface area (Å²) in [4.78, 5) is 23.4. The molecular weight excluding hydrogens is 196 g/mol. The number of carboxylic acid groups (broad SMARTS) is 1. The molecule has 1 unspecified atom stereocenters. The summed E-state index contributed by atoms with van der Waals surface area (Å²) in [5.41, 5.74) is 5.26. The van der Waals surface area contributed by atoms with E-state index >= 15 is 0 Å². The maximum absolute atomic E-state index is 11.2. The topological polar surface area (TPSA) is 83.6 Å². The zero-order chi connectivity index (χ0) is 12.0. The van der Waals surface area contributed by atoms with Crippen molar-refractivity contribution in [3.8, 4) is 0 Å². The van der Waals surface area contributed by atoms with Crippen molar-refractivity contribution < 1.29 is 14.7 Å². The third-order valence-electron chi connectivity index (χ3n) is 2.36. The summed E-state index contributed by atoms with van der Waals surface area (Å²) in [6.07, 6.45) is 0.634. The van der Waals surface area contributed by atoms with E-state index in [0.717, 1.165) is 0 Å². The molecular formula is C10H20N2O3. The summed E-state index contributed by atoms with van der Waals surface area (Å²) < 4.78 is 0. The minimum absolute atomic E-state index is 0.0297. The van der Waals surface area contributed by atoms with Gasteiger partial charge in [-0.05, 0) is 20.3 Å². The number of carbonyl (C=O) groups is 2. The van der Waals surface area contributed by atoms with E-state index in [1.807, 2.05) is 25.7 Å². The third-order valence-corrected chi connectivity index (χ3v) is 2.36. The molecule has 3 N–H and O–H groups in total. The largest absolute Gasteiger partial charge is 0.481 e. The van der Waals surface area contributed by atoms with Crippen LogP contribution in [0, 0.1) is 0 Å². The van der Waals surface area contributed by atoms with Gasteiger partial charge in [-0.1, -0.05) is 6.92 Å². The van der Waals surface area contributed by atoms with Crippen molar-refractivity contribution in [2.24, 2.45) is 5.73 Å². The number of aliphatic carboxylic acids is 1. The van der Waals surface area contributed by atoms with E-state index in [4.69, 9.17) is 10.8 Å². The first-order chi connectivity index (χ1) is 6.90. The molecule has 0 fully saturated rings. The zero-order valence-corrected chi connectivity index (χ0v) is 9.56. The quantitative estimate of drug-likeness (QED) is 0.646. The Morgan fingerprint density at radius 3 is 2.20 bits per heavy atom. The molecule has 0 radical (unpaired) electrons. The van der Waals surface area contributed by atoms with Crippen molar-refractivity contribution >= 4 is 11.9 Å². The van der Waals surface area contributed by atoms with Crippen LogP contribution < -0.4 is 5.73 Å². The predicted molar refractivity (Wildman–Crippen MR) is 57.4 cm³/mol. The standard InChI is InChI=1S/C10H20N2O3/c1-4-8(10(11)15)12(7(2)3)6-5-9(13)14/h7-8H,4-6H2,1-3H3,(H2,11,15)(H,13,14). The summed E-state index contributed by atoms with van der Waals surface area (Å²) in [5.74, 6) is -1.25. The van der Waals surface area contributed by atoms with Gasteiger partial charge in [-0.15, -0.1) is 0 Å². The maximum atomic E-state index is 11.2. The second-order valence-electron chi connectivity index (χ2n) is 3.80. The van der Waals surface area contributed by atoms with Crippen LogP contribution in [0.3, 0.4) is 0 Å². The van der Waals surface area contributed by atoms with Crippen molar-refractivity contribution in [1.29, 1.82) is 0 Å². The van der Waals surface area contributed by atoms with Gasteiger partial charge in [0, 0.05) is 12.6 Å². The number of carboxylic acids is 1. The van der Waals surface area contributed by atoms with Gasteiger partial charge in [0.1, 0.15) is 0 Å². The molecule has 0 saturated heterocycles. The van der Waals surface area contributed by atoms with E-state index in [-0.39, 0.29) is 18.5 Å². The molecule has 0 heterocycles. The second-order valence-corrected chi connectivity index (χ2v) is 3.80. The summed E-state index contributed by atoms with van der Waals surface area (Å²) in [6.45, 7) is 6.07. The van der Waals surface area contributed by atoms with Gasteiger partial charge in [0.15, 0.2) is 0 Å². The normalized spacial score (nSPS) is 13.1. The molecule has 88 valence electrons. The highest BCUT2D eigenvalue weighted by Gasteiger charge is 2.24. The van der Waals surface area contributed by atoms with E-state index in [1.54, 1.807) is 0 Å². The number of rotatable bonds is 7. The van der Waals surface area contributed by atoms with E-state index in [1.165, 1.54) is 0 Å². The average Bonchev–Trinajstić information content (AvgIpc) is 2.10. The Hall–Kier alpha value is -1.10. The molecule has 0 aliphatic heterocycles. The van der Waals surface area contributed by atoms with Gasteiger partial charge < -0.3 is 10.8 Å². The molecule has 1 amide bonds. The van der Waals surface area contributed by atoms with Gasteiger partial charge in [-0.2, -0.15) is 0 Å². The van der Waals surface area contributed by atoms with Crippen LogP contribution >= 0.6 is 0 Å². The number of hydrogen-bond acceptors (Lipinski definition) is 3. The summed E-state index contributed by atoms with van der Waals surface area (Å²) >= 11 is 0. The van der Waals surface area contributed by atoms with Crippen molar-refractivity contribution in [2.45, 2.75) is 45.7 Å². The fraction of sp³-hybridized carbons (Fsp3) is 0.800. The molecule has 0 saturated carbocycles. The van der Waals surface area contributed by atoms with E-state index < -0.39 is 11.9 Å². The van der Waals surface area contributed by atoms with Crippen LogP contribution in [-0.4, -0.2) is 40.5 Å². The SMILES string of the molecule is CCC(C(N)=O)N(CCC(=O)O)C(C)C. The number of primary amides is 1. The molecule has 0 aromatic rings. The Kier molecular flexibility index (Phi) is 5.93. The van der Waals surface area contributed by atoms with E-state index in [0.29, 0.717) is 13.0 Å². The maximum Gasteiger partial charge on any atom is 0.304 e. The van der Waals surface area contributed by atoms with Gasteiger partial charge in [0.2, 0.25) is 5.91 Å². The van der Waals surface area contributed by atoms with Crippen LogP contribution in [0.5, 0.6) is 0 Å². The monoisotopic (exact) mass is 216 g/mol. The smallest absolute Gasteiger partial charge is 0.304 e. The Balaban J connectivity index is 4.48. The van der Waals surface area contributed by atoms with Crippen molar-refractivity contribution in [3.63, 3.8) is 0 Å². The van der Waals surface area contributed by atoms with Gasteiger partial charge in [0.25, 0.3) is 0 Å². The first kappa shape index (κ1) is 13.9. The number of hydrogen-bond donors (Lipinski definition) is 2. The lowest BCUT2D eigenvalue weighted by Gasteiger charge is -2.31. The molecule has 1 atom stereocenters. The molecule has 5 nitrogen and oxygen atoms in total. The molecule has 0 aromatic heterocycles. The second kappa shape index (κ2) is 6.40. The minimum Gasteiger partial charge on any atom is -0.481 e. The van der Waals surface area contributed by atoms with Crippen LogP contribution in [0.4, 0.5) is 0 Å². The fourth-order valence-electron chi connectivity index (χ4n) is 1.60. The van der Waals surface area contributed by atoms with Gasteiger partial charge in [-0.25, -0.2) is 0 Å². The predicted octanol–water partition coefficient (Wildman–Crippen LogP) is 0.435. The van der Waals surface area contributed by atoms with Gasteiger partial charge in [0.05, 0.1) is 12.5 Å². The Bertz CT molecular complexity index is 229.